The monoisotopic (exact) mass is 202 g/mol. The Morgan fingerprint density at radius 2 is 1.73 bits per heavy atom. The summed E-state index contributed by atoms with van der Waals surface area (Å²) in [6.07, 6.45) is 1.56. The van der Waals surface area contributed by atoms with Crippen molar-refractivity contribution >= 4 is 5.82 Å². The first-order valence-electron chi connectivity index (χ1n) is 4.87. The number of nitrogens with one attached hydrogen (secondary N) is 1. The van der Waals surface area contributed by atoms with Gasteiger partial charge >= 0.3 is 0 Å². The van der Waals surface area contributed by atoms with Gasteiger partial charge in [-0.2, -0.15) is 0 Å². The second-order valence-electron chi connectivity index (χ2n) is 3.61. The molecule has 2 heterocycles. The van der Waals surface area contributed by atoms with Crippen molar-refractivity contribution in [2.75, 3.05) is 5.43 Å². The summed E-state index contributed by atoms with van der Waals surface area (Å²) in [5, 5.41) is 0. The number of anilines is 1. The molecular weight excluding hydrogens is 188 g/mol. The molecule has 0 fully saturated rings. The fourth-order valence-electron chi connectivity index (χ4n) is 1.48. The van der Waals surface area contributed by atoms with Crippen LogP contribution in [0, 0.1) is 20.8 Å². The van der Waals surface area contributed by atoms with E-state index in [0.717, 1.165) is 22.9 Å². The Bertz CT molecular complexity index is 454. The molecular formula is C11H14N4. The Morgan fingerprint density at radius 3 is 2.33 bits per heavy atom. The average molecular weight is 202 g/mol. The largest absolute Gasteiger partial charge is 0.278 e. The van der Waals surface area contributed by atoms with Crippen LogP contribution in [0.4, 0.5) is 5.82 Å². The van der Waals surface area contributed by atoms with E-state index in [1.54, 1.807) is 6.33 Å². The van der Waals surface area contributed by atoms with Gasteiger partial charge in [0.25, 0.3) is 0 Å². The highest BCUT2D eigenvalue weighted by molar-refractivity contribution is 5.36. The molecule has 0 unspecified atom stereocenters. The fraction of sp³-hybridized carbons (Fsp3) is 0.273. The number of aryl methyl sites for hydroxylation is 3. The molecule has 4 heteroatoms. The molecule has 2 aromatic heterocycles. The summed E-state index contributed by atoms with van der Waals surface area (Å²) in [6, 6.07) is 6.05. The van der Waals surface area contributed by atoms with E-state index < -0.39 is 0 Å². The molecule has 1 N–H and O–H groups in total. The predicted octanol–water partition coefficient (Wildman–Crippen LogP) is 2.08. The topological polar surface area (TPSA) is 42.7 Å². The number of rotatable bonds is 2. The molecule has 0 saturated heterocycles. The quantitative estimate of drug-likeness (QED) is 0.810. The maximum Gasteiger partial charge on any atom is 0.148 e. The summed E-state index contributed by atoms with van der Waals surface area (Å²) >= 11 is 0. The third-order valence-corrected chi connectivity index (χ3v) is 2.30. The Balaban J connectivity index is 2.29. The standard InChI is InChI=1S/C11H14N4/c1-8-6-11(13-7-12-8)14-15-9(2)4-5-10(15)3/h4-7H,1-3H3,(H,12,13,14). The first kappa shape index (κ1) is 9.71. The molecule has 4 nitrogen and oxygen atoms in total. The highest BCUT2D eigenvalue weighted by Gasteiger charge is 2.01. The number of hydrogen-bond acceptors (Lipinski definition) is 3. The Hall–Kier alpha value is -1.84. The van der Waals surface area contributed by atoms with Gasteiger partial charge in [0.1, 0.15) is 12.1 Å². The van der Waals surface area contributed by atoms with Crippen LogP contribution in [0.5, 0.6) is 0 Å². The third-order valence-electron chi connectivity index (χ3n) is 2.30. The molecule has 2 rings (SSSR count). The fourth-order valence-corrected chi connectivity index (χ4v) is 1.48. The number of hydrogen-bond donors (Lipinski definition) is 1. The summed E-state index contributed by atoms with van der Waals surface area (Å²) in [5.74, 6) is 0.810. The number of aromatic nitrogens is 3. The van der Waals surface area contributed by atoms with Crippen LogP contribution in [0.1, 0.15) is 17.1 Å². The summed E-state index contributed by atoms with van der Waals surface area (Å²) in [7, 11) is 0. The first-order chi connectivity index (χ1) is 7.16. The zero-order valence-corrected chi connectivity index (χ0v) is 9.15. The third kappa shape index (κ3) is 1.98. The van der Waals surface area contributed by atoms with Crippen LogP contribution in [0.15, 0.2) is 24.5 Å². The summed E-state index contributed by atoms with van der Waals surface area (Å²) in [5.41, 5.74) is 6.49. The van der Waals surface area contributed by atoms with E-state index in [1.165, 1.54) is 0 Å². The van der Waals surface area contributed by atoms with Gasteiger partial charge in [-0.25, -0.2) is 9.97 Å². The van der Waals surface area contributed by atoms with Crippen LogP contribution in [0.2, 0.25) is 0 Å². The highest BCUT2D eigenvalue weighted by Crippen LogP contribution is 2.09. The molecule has 0 bridgehead atoms. The van der Waals surface area contributed by atoms with Crippen LogP contribution in [-0.2, 0) is 0 Å². The van der Waals surface area contributed by atoms with Crippen LogP contribution in [0.3, 0.4) is 0 Å². The lowest BCUT2D eigenvalue weighted by atomic mass is 10.4. The van der Waals surface area contributed by atoms with Crippen molar-refractivity contribution in [3.8, 4) is 0 Å². The molecule has 2 aromatic rings. The van der Waals surface area contributed by atoms with Crippen molar-refractivity contribution in [3.05, 3.63) is 41.6 Å². The molecule has 0 aliphatic carbocycles. The van der Waals surface area contributed by atoms with Crippen molar-refractivity contribution in [1.82, 2.24) is 14.6 Å². The van der Waals surface area contributed by atoms with Gasteiger partial charge in [0.05, 0.1) is 0 Å². The lowest BCUT2D eigenvalue weighted by molar-refractivity contribution is 0.866. The van der Waals surface area contributed by atoms with Gasteiger partial charge in [-0.05, 0) is 32.9 Å². The van der Waals surface area contributed by atoms with Crippen molar-refractivity contribution in [2.45, 2.75) is 20.8 Å². The normalized spacial score (nSPS) is 10.3. The van der Waals surface area contributed by atoms with E-state index in [4.69, 9.17) is 0 Å². The van der Waals surface area contributed by atoms with Gasteiger partial charge in [-0.1, -0.05) is 0 Å². The van der Waals surface area contributed by atoms with Gasteiger partial charge < -0.3 is 0 Å². The van der Waals surface area contributed by atoms with Crippen LogP contribution < -0.4 is 5.43 Å². The van der Waals surface area contributed by atoms with Gasteiger partial charge in [-0.3, -0.25) is 10.1 Å². The second kappa shape index (κ2) is 3.73. The minimum atomic E-state index is 0.810. The van der Waals surface area contributed by atoms with Gasteiger partial charge in [0.2, 0.25) is 0 Å². The van der Waals surface area contributed by atoms with Gasteiger partial charge in [0.15, 0.2) is 0 Å². The van der Waals surface area contributed by atoms with Crippen LogP contribution >= 0.6 is 0 Å². The van der Waals surface area contributed by atoms with Crippen LogP contribution in [0.25, 0.3) is 0 Å². The van der Waals surface area contributed by atoms with E-state index in [-0.39, 0.29) is 0 Å². The van der Waals surface area contributed by atoms with E-state index in [0.29, 0.717) is 0 Å². The lowest BCUT2D eigenvalue weighted by Crippen LogP contribution is -2.13. The summed E-state index contributed by atoms with van der Waals surface area (Å²) in [4.78, 5) is 8.21. The molecule has 0 aromatic carbocycles. The smallest absolute Gasteiger partial charge is 0.148 e. The zero-order chi connectivity index (χ0) is 10.8. The zero-order valence-electron chi connectivity index (χ0n) is 9.15. The number of nitrogens with zero attached hydrogens (tertiary/aromatic N) is 3. The Kier molecular flexibility index (Phi) is 2.41. The Morgan fingerprint density at radius 1 is 1.07 bits per heavy atom. The molecule has 78 valence electrons. The summed E-state index contributed by atoms with van der Waals surface area (Å²) < 4.78 is 2.00. The SMILES string of the molecule is Cc1cc(Nn2c(C)ccc2C)ncn1. The van der Waals surface area contributed by atoms with E-state index in [2.05, 4.69) is 27.5 Å². The summed E-state index contributed by atoms with van der Waals surface area (Å²) in [6.45, 7) is 6.05. The molecule has 0 saturated carbocycles. The maximum atomic E-state index is 4.15. The predicted molar refractivity (Wildman–Crippen MR) is 59.7 cm³/mol. The minimum absolute atomic E-state index is 0.810. The molecule has 0 aliphatic rings. The molecule has 0 atom stereocenters. The molecule has 0 spiro atoms. The average Bonchev–Trinajstić information content (AvgIpc) is 2.50. The minimum Gasteiger partial charge on any atom is -0.278 e. The van der Waals surface area contributed by atoms with E-state index in [1.807, 2.05) is 31.5 Å². The highest BCUT2D eigenvalue weighted by atomic mass is 15.4. The first-order valence-corrected chi connectivity index (χ1v) is 4.87. The van der Waals surface area contributed by atoms with Crippen molar-refractivity contribution in [3.63, 3.8) is 0 Å². The second-order valence-corrected chi connectivity index (χ2v) is 3.61. The van der Waals surface area contributed by atoms with Crippen LogP contribution in [-0.4, -0.2) is 14.6 Å². The maximum absolute atomic E-state index is 4.15. The molecule has 0 aliphatic heterocycles. The molecule has 0 radical (unpaired) electrons. The van der Waals surface area contributed by atoms with E-state index >= 15 is 0 Å². The van der Waals surface area contributed by atoms with Crippen molar-refractivity contribution in [1.29, 1.82) is 0 Å². The van der Waals surface area contributed by atoms with E-state index in [9.17, 15) is 0 Å². The Labute approximate surface area is 89.0 Å². The molecule has 15 heavy (non-hydrogen) atoms. The van der Waals surface area contributed by atoms with Crippen molar-refractivity contribution in [2.24, 2.45) is 0 Å². The molecule has 0 amide bonds. The van der Waals surface area contributed by atoms with Crippen molar-refractivity contribution < 1.29 is 0 Å². The van der Waals surface area contributed by atoms with Gasteiger partial charge in [-0.15, -0.1) is 0 Å². The van der Waals surface area contributed by atoms with Gasteiger partial charge in [0, 0.05) is 23.1 Å². The lowest BCUT2D eigenvalue weighted by Gasteiger charge is -2.11.